The minimum atomic E-state index is -1.08. The highest BCUT2D eigenvalue weighted by Gasteiger charge is 2.35. The minimum absolute atomic E-state index is 0.0165. The second-order valence-corrected chi connectivity index (χ2v) is 8.98. The van der Waals surface area contributed by atoms with Gasteiger partial charge in [-0.1, -0.05) is 19.9 Å². The zero-order valence-electron chi connectivity index (χ0n) is 20.4. The molecule has 0 aliphatic rings. The Morgan fingerprint density at radius 3 is 2.43 bits per heavy atom. The number of methoxy groups -OCH3 is 2. The van der Waals surface area contributed by atoms with Crippen LogP contribution < -0.4 is 26.3 Å². The molecule has 1 aromatic heterocycles. The summed E-state index contributed by atoms with van der Waals surface area (Å²) in [5.74, 6) is -0.676. The van der Waals surface area contributed by atoms with Gasteiger partial charge in [0.25, 0.3) is 11.8 Å². The number of nitrogen functional groups attached to an aromatic ring is 1. The van der Waals surface area contributed by atoms with Crippen molar-refractivity contribution >= 4 is 34.9 Å². The third kappa shape index (κ3) is 6.83. The summed E-state index contributed by atoms with van der Waals surface area (Å²) in [6.07, 6.45) is 0.953. The van der Waals surface area contributed by atoms with Gasteiger partial charge in [-0.3, -0.25) is 14.4 Å². The molecule has 0 fully saturated rings. The summed E-state index contributed by atoms with van der Waals surface area (Å²) in [6.45, 7) is 4.32. The zero-order valence-corrected chi connectivity index (χ0v) is 21.2. The van der Waals surface area contributed by atoms with E-state index in [9.17, 15) is 19.5 Å². The van der Waals surface area contributed by atoms with Crippen molar-refractivity contribution in [2.75, 3.05) is 39.6 Å². The van der Waals surface area contributed by atoms with Crippen LogP contribution in [0.2, 0.25) is 0 Å². The first-order valence-electron chi connectivity index (χ1n) is 11.1. The molecule has 35 heavy (non-hydrogen) atoms. The van der Waals surface area contributed by atoms with E-state index in [0.29, 0.717) is 29.5 Å². The van der Waals surface area contributed by atoms with Gasteiger partial charge in [-0.2, -0.15) is 4.37 Å². The summed E-state index contributed by atoms with van der Waals surface area (Å²) in [5, 5.41) is 12.4. The molecule has 0 spiro atoms. The molecule has 0 saturated carbocycles. The summed E-state index contributed by atoms with van der Waals surface area (Å²) in [4.78, 5) is 40.0. The number of aliphatic hydroxyl groups excluding tert-OH is 1. The van der Waals surface area contributed by atoms with Crippen LogP contribution in [0.4, 0.5) is 5.69 Å². The lowest BCUT2D eigenvalue weighted by Gasteiger charge is -2.31. The fourth-order valence-electron chi connectivity index (χ4n) is 3.42. The van der Waals surface area contributed by atoms with Gasteiger partial charge in [0.15, 0.2) is 17.2 Å². The monoisotopic (exact) mass is 507 g/mol. The summed E-state index contributed by atoms with van der Waals surface area (Å²) < 4.78 is 14.6. The molecule has 0 radical (unpaired) electrons. The lowest BCUT2D eigenvalue weighted by molar-refractivity contribution is -0.126. The van der Waals surface area contributed by atoms with E-state index in [1.807, 2.05) is 13.8 Å². The van der Waals surface area contributed by atoms with Gasteiger partial charge in [0, 0.05) is 19.7 Å². The second kappa shape index (κ2) is 12.9. The summed E-state index contributed by atoms with van der Waals surface area (Å²) >= 11 is 0.728. The topological polar surface area (TPSA) is 170 Å². The normalized spacial score (nSPS) is 11.7. The van der Waals surface area contributed by atoms with Crippen molar-refractivity contribution in [2.24, 2.45) is 11.7 Å². The number of aromatic nitrogens is 1. The van der Waals surface area contributed by atoms with Gasteiger partial charge >= 0.3 is 0 Å². The minimum Gasteiger partial charge on any atom is -0.493 e. The van der Waals surface area contributed by atoms with Crippen molar-refractivity contribution in [1.29, 1.82) is 0 Å². The van der Waals surface area contributed by atoms with Crippen LogP contribution in [0.1, 0.15) is 58.5 Å². The molecule has 1 atom stereocenters. The van der Waals surface area contributed by atoms with Crippen LogP contribution in [-0.2, 0) is 4.79 Å². The number of hydrogen-bond donors (Lipinski definition) is 4. The quantitative estimate of drug-likeness (QED) is 0.316. The van der Waals surface area contributed by atoms with Gasteiger partial charge < -0.3 is 36.3 Å². The predicted octanol–water partition coefficient (Wildman–Crippen LogP) is 1.57. The van der Waals surface area contributed by atoms with Crippen molar-refractivity contribution in [3.05, 3.63) is 34.3 Å². The summed E-state index contributed by atoms with van der Waals surface area (Å²) in [7, 11) is 2.96. The molecule has 0 aliphatic heterocycles. The smallest absolute Gasteiger partial charge is 0.270 e. The van der Waals surface area contributed by atoms with Crippen LogP contribution in [0.15, 0.2) is 18.2 Å². The van der Waals surface area contributed by atoms with Crippen molar-refractivity contribution in [3.8, 4) is 11.5 Å². The maximum absolute atomic E-state index is 13.6. The van der Waals surface area contributed by atoms with Crippen molar-refractivity contribution in [1.82, 2.24) is 14.6 Å². The Hall–Kier alpha value is -3.38. The molecule has 1 heterocycles. The number of anilines is 1. The standard InChI is InChI=1S/C23H33N5O6S/c1-13(2)8-9-26-22(31)19(14-6-7-15(33-3)16(12-14)34-4)28(10-5-11-29)23(32)20-17(24)18(21(25)30)27-35-20/h6-7,12-13,19,29H,5,8-11,24H2,1-4H3,(H2,25,30)(H,26,31)/t19-/m0/s1. The molecule has 12 heteroatoms. The van der Waals surface area contributed by atoms with Crippen LogP contribution in [0.3, 0.4) is 0 Å². The molecule has 11 nitrogen and oxygen atoms in total. The Kier molecular flexibility index (Phi) is 10.3. The molecule has 1 aromatic carbocycles. The third-order valence-electron chi connectivity index (χ3n) is 5.28. The largest absolute Gasteiger partial charge is 0.493 e. The Morgan fingerprint density at radius 2 is 1.89 bits per heavy atom. The van der Waals surface area contributed by atoms with E-state index in [1.54, 1.807) is 18.2 Å². The SMILES string of the molecule is COc1ccc([C@@H](C(=O)NCCC(C)C)N(CCCO)C(=O)c2snc(C(N)=O)c2N)cc1OC. The number of ether oxygens (including phenoxy) is 2. The maximum Gasteiger partial charge on any atom is 0.270 e. The van der Waals surface area contributed by atoms with Crippen LogP contribution in [0.25, 0.3) is 0 Å². The third-order valence-corrected chi connectivity index (χ3v) is 6.13. The molecular formula is C23H33N5O6S. The Labute approximate surface area is 208 Å². The first kappa shape index (κ1) is 27.9. The summed E-state index contributed by atoms with van der Waals surface area (Å²) in [5.41, 5.74) is 11.4. The number of benzene rings is 1. The Balaban J connectivity index is 2.57. The maximum atomic E-state index is 13.6. The van der Waals surface area contributed by atoms with Crippen LogP contribution in [-0.4, -0.2) is 66.0 Å². The number of carbonyl (C=O) groups is 3. The fraction of sp³-hybridized carbons (Fsp3) is 0.478. The van der Waals surface area contributed by atoms with E-state index in [-0.39, 0.29) is 35.8 Å². The van der Waals surface area contributed by atoms with Crippen LogP contribution in [0.5, 0.6) is 11.5 Å². The van der Waals surface area contributed by atoms with Crippen LogP contribution >= 0.6 is 11.5 Å². The van der Waals surface area contributed by atoms with Crippen molar-refractivity contribution < 1.29 is 29.0 Å². The molecule has 3 amide bonds. The molecular weight excluding hydrogens is 474 g/mol. The Bertz CT molecular complexity index is 1040. The van der Waals surface area contributed by atoms with Crippen LogP contribution in [0, 0.1) is 5.92 Å². The molecule has 2 aromatic rings. The molecule has 2 rings (SSSR count). The van der Waals surface area contributed by atoms with E-state index in [1.165, 1.54) is 19.1 Å². The number of nitrogens with zero attached hydrogens (tertiary/aromatic N) is 2. The molecule has 6 N–H and O–H groups in total. The van der Waals surface area contributed by atoms with Gasteiger partial charge in [0.2, 0.25) is 5.91 Å². The van der Waals surface area contributed by atoms with Gasteiger partial charge in [-0.15, -0.1) is 0 Å². The van der Waals surface area contributed by atoms with Gasteiger partial charge in [-0.25, -0.2) is 0 Å². The number of aliphatic hydroxyl groups is 1. The van der Waals surface area contributed by atoms with E-state index in [2.05, 4.69) is 9.69 Å². The molecule has 0 aliphatic carbocycles. The molecule has 0 saturated heterocycles. The van der Waals surface area contributed by atoms with E-state index < -0.39 is 23.8 Å². The molecule has 0 bridgehead atoms. The number of carbonyl (C=O) groups excluding carboxylic acids is 3. The predicted molar refractivity (Wildman–Crippen MR) is 133 cm³/mol. The van der Waals surface area contributed by atoms with E-state index in [0.717, 1.165) is 18.0 Å². The van der Waals surface area contributed by atoms with Gasteiger partial charge in [-0.05, 0) is 48.0 Å². The average molecular weight is 508 g/mol. The number of rotatable bonds is 13. The number of primary amides is 1. The number of hydrogen-bond acceptors (Lipinski definition) is 9. The fourth-order valence-corrected chi connectivity index (χ4v) is 4.19. The van der Waals surface area contributed by atoms with Crippen molar-refractivity contribution in [2.45, 2.75) is 32.7 Å². The van der Waals surface area contributed by atoms with Crippen molar-refractivity contribution in [3.63, 3.8) is 0 Å². The first-order chi connectivity index (χ1) is 16.7. The van der Waals surface area contributed by atoms with E-state index in [4.69, 9.17) is 20.9 Å². The number of amides is 3. The lowest BCUT2D eigenvalue weighted by Crippen LogP contribution is -2.44. The zero-order chi connectivity index (χ0) is 26.1. The highest BCUT2D eigenvalue weighted by atomic mass is 32.1. The Morgan fingerprint density at radius 1 is 1.20 bits per heavy atom. The summed E-state index contributed by atoms with van der Waals surface area (Å²) in [6, 6.07) is 3.84. The average Bonchev–Trinajstić information content (AvgIpc) is 3.22. The highest BCUT2D eigenvalue weighted by molar-refractivity contribution is 7.09. The lowest BCUT2D eigenvalue weighted by atomic mass is 10.0. The first-order valence-corrected chi connectivity index (χ1v) is 11.9. The highest BCUT2D eigenvalue weighted by Crippen LogP contribution is 2.34. The second-order valence-electron chi connectivity index (χ2n) is 8.20. The molecule has 0 unspecified atom stereocenters. The molecule has 192 valence electrons. The van der Waals surface area contributed by atoms with Gasteiger partial charge in [0.1, 0.15) is 10.9 Å². The number of nitrogens with one attached hydrogen (secondary N) is 1. The van der Waals surface area contributed by atoms with E-state index >= 15 is 0 Å². The number of nitrogens with two attached hydrogens (primary N) is 2. The van der Waals surface area contributed by atoms with Gasteiger partial charge in [0.05, 0.1) is 19.9 Å².